The highest BCUT2D eigenvalue weighted by atomic mass is 35.5. The topological polar surface area (TPSA) is 75.7 Å². The number of esters is 1. The molecular formula is C18H13ClN2O4. The zero-order valence-corrected chi connectivity index (χ0v) is 13.9. The van der Waals surface area contributed by atoms with E-state index in [2.05, 4.69) is 5.43 Å². The highest BCUT2D eigenvalue weighted by Gasteiger charge is 2.34. The van der Waals surface area contributed by atoms with Gasteiger partial charge in [-0.1, -0.05) is 29.8 Å². The summed E-state index contributed by atoms with van der Waals surface area (Å²) in [6.45, 7) is 1.29. The number of halogens is 1. The molecule has 7 heteroatoms. The van der Waals surface area contributed by atoms with Crippen LogP contribution in [0.5, 0.6) is 5.75 Å². The van der Waals surface area contributed by atoms with Crippen molar-refractivity contribution in [1.82, 2.24) is 5.43 Å². The minimum Gasteiger partial charge on any atom is -0.427 e. The predicted octanol–water partition coefficient (Wildman–Crippen LogP) is 2.73. The van der Waals surface area contributed by atoms with E-state index in [1.54, 1.807) is 48.5 Å². The molecule has 3 rings (SSSR count). The Labute approximate surface area is 148 Å². The molecule has 1 aliphatic rings. The maximum Gasteiger partial charge on any atom is 0.308 e. The number of carbonyl (C=O) groups excluding carboxylic acids is 3. The van der Waals surface area contributed by atoms with Crippen molar-refractivity contribution >= 4 is 41.1 Å². The van der Waals surface area contributed by atoms with Gasteiger partial charge in [-0.3, -0.25) is 19.8 Å². The van der Waals surface area contributed by atoms with Crippen molar-refractivity contribution in [1.29, 1.82) is 0 Å². The van der Waals surface area contributed by atoms with Gasteiger partial charge < -0.3 is 4.74 Å². The lowest BCUT2D eigenvalue weighted by atomic mass is 10.1. The van der Waals surface area contributed by atoms with Gasteiger partial charge in [0.1, 0.15) is 11.3 Å². The van der Waals surface area contributed by atoms with E-state index in [0.717, 1.165) is 5.01 Å². The smallest absolute Gasteiger partial charge is 0.308 e. The Balaban J connectivity index is 1.90. The molecule has 25 heavy (non-hydrogen) atoms. The molecule has 0 atom stereocenters. The average molecular weight is 357 g/mol. The number of anilines is 1. The fraction of sp³-hybridized carbons (Fsp3) is 0.0556. The molecule has 1 heterocycles. The number of hydrogen-bond acceptors (Lipinski definition) is 4. The number of benzene rings is 2. The summed E-state index contributed by atoms with van der Waals surface area (Å²) in [6, 6.07) is 13.1. The van der Waals surface area contributed by atoms with Gasteiger partial charge in [-0.15, -0.1) is 0 Å². The van der Waals surface area contributed by atoms with E-state index in [9.17, 15) is 14.4 Å². The highest BCUT2D eigenvalue weighted by molar-refractivity contribution is 6.33. The molecule has 126 valence electrons. The van der Waals surface area contributed by atoms with Gasteiger partial charge in [0.25, 0.3) is 11.8 Å². The lowest BCUT2D eigenvalue weighted by Crippen LogP contribution is -2.35. The Hall–Kier alpha value is -3.12. The van der Waals surface area contributed by atoms with Gasteiger partial charge in [0.05, 0.1) is 5.69 Å². The summed E-state index contributed by atoms with van der Waals surface area (Å²) in [7, 11) is 0. The van der Waals surface area contributed by atoms with Crippen LogP contribution in [-0.2, 0) is 14.4 Å². The first kappa shape index (κ1) is 16.7. The zero-order chi connectivity index (χ0) is 18.0. The number of nitrogens with zero attached hydrogens (tertiary/aromatic N) is 1. The van der Waals surface area contributed by atoms with Crippen LogP contribution in [0.3, 0.4) is 0 Å². The van der Waals surface area contributed by atoms with E-state index < -0.39 is 17.8 Å². The number of amides is 2. The van der Waals surface area contributed by atoms with Crippen molar-refractivity contribution in [2.75, 3.05) is 5.01 Å². The van der Waals surface area contributed by atoms with Crippen molar-refractivity contribution in [2.45, 2.75) is 6.92 Å². The summed E-state index contributed by atoms with van der Waals surface area (Å²) < 4.78 is 5.00. The maximum atomic E-state index is 12.5. The second kappa shape index (κ2) is 6.78. The number of hydrazine groups is 1. The van der Waals surface area contributed by atoms with Gasteiger partial charge in [-0.25, -0.2) is 5.01 Å². The summed E-state index contributed by atoms with van der Waals surface area (Å²) in [6.07, 6.45) is 1.44. The van der Waals surface area contributed by atoms with Gasteiger partial charge in [0.2, 0.25) is 0 Å². The summed E-state index contributed by atoms with van der Waals surface area (Å²) in [5.74, 6) is -1.14. The molecule has 1 N–H and O–H groups in total. The summed E-state index contributed by atoms with van der Waals surface area (Å²) in [5, 5.41) is 1.58. The molecule has 0 radical (unpaired) electrons. The van der Waals surface area contributed by atoms with Crippen molar-refractivity contribution in [3.63, 3.8) is 0 Å². The van der Waals surface area contributed by atoms with Crippen molar-refractivity contribution in [2.24, 2.45) is 0 Å². The minimum atomic E-state index is -0.525. The molecule has 0 aliphatic carbocycles. The fourth-order valence-electron chi connectivity index (χ4n) is 2.35. The number of hydrogen-bond donors (Lipinski definition) is 1. The molecule has 0 saturated carbocycles. The molecule has 1 saturated heterocycles. The summed E-state index contributed by atoms with van der Waals surface area (Å²) in [4.78, 5) is 35.7. The van der Waals surface area contributed by atoms with Crippen LogP contribution in [0.25, 0.3) is 6.08 Å². The summed E-state index contributed by atoms with van der Waals surface area (Å²) in [5.41, 5.74) is 3.49. The van der Waals surface area contributed by atoms with Crippen LogP contribution < -0.4 is 15.2 Å². The van der Waals surface area contributed by atoms with Crippen molar-refractivity contribution in [3.05, 3.63) is 64.7 Å². The van der Waals surface area contributed by atoms with E-state index in [4.69, 9.17) is 16.3 Å². The predicted molar refractivity (Wildman–Crippen MR) is 92.8 cm³/mol. The quantitative estimate of drug-likeness (QED) is 0.397. The van der Waals surface area contributed by atoms with Gasteiger partial charge >= 0.3 is 5.97 Å². The third-order valence-corrected chi connectivity index (χ3v) is 3.62. The van der Waals surface area contributed by atoms with E-state index >= 15 is 0 Å². The first-order valence-electron chi connectivity index (χ1n) is 7.35. The Morgan fingerprint density at radius 3 is 2.64 bits per heavy atom. The third kappa shape index (κ3) is 3.70. The number of carbonyl (C=O) groups is 3. The second-order valence-electron chi connectivity index (χ2n) is 5.29. The lowest BCUT2D eigenvalue weighted by Gasteiger charge is -2.14. The number of rotatable bonds is 3. The monoisotopic (exact) mass is 356 g/mol. The number of ether oxygens (including phenoxy) is 1. The van der Waals surface area contributed by atoms with Crippen LogP contribution in [0.4, 0.5) is 5.69 Å². The first-order chi connectivity index (χ1) is 11.9. The SMILES string of the molecule is CC(=O)Oc1cccc(/C=C2\C(=O)NN(c3cccc(Cl)c3)C2=O)c1. The molecule has 2 amide bonds. The fourth-order valence-corrected chi connectivity index (χ4v) is 2.54. The molecule has 0 aromatic heterocycles. The molecule has 2 aromatic rings. The molecule has 1 fully saturated rings. The molecule has 1 aliphatic heterocycles. The van der Waals surface area contributed by atoms with Crippen LogP contribution in [0, 0.1) is 0 Å². The Morgan fingerprint density at radius 2 is 1.92 bits per heavy atom. The van der Waals surface area contributed by atoms with Crippen LogP contribution >= 0.6 is 11.6 Å². The minimum absolute atomic E-state index is 0.0278. The highest BCUT2D eigenvalue weighted by Crippen LogP contribution is 2.24. The number of nitrogens with one attached hydrogen (secondary N) is 1. The molecule has 6 nitrogen and oxygen atoms in total. The van der Waals surface area contributed by atoms with Crippen LogP contribution in [-0.4, -0.2) is 17.8 Å². The zero-order valence-electron chi connectivity index (χ0n) is 13.2. The van der Waals surface area contributed by atoms with Gasteiger partial charge in [-0.2, -0.15) is 0 Å². The lowest BCUT2D eigenvalue weighted by molar-refractivity contribution is -0.132. The first-order valence-corrected chi connectivity index (χ1v) is 7.73. The van der Waals surface area contributed by atoms with Gasteiger partial charge in [0, 0.05) is 11.9 Å². The standard InChI is InChI=1S/C18H13ClN2O4/c1-11(22)25-15-7-2-4-12(8-15)9-16-17(23)20-21(18(16)24)14-6-3-5-13(19)10-14/h2-10H,1H3,(H,20,23)/b16-9+. The van der Waals surface area contributed by atoms with E-state index in [1.165, 1.54) is 13.0 Å². The van der Waals surface area contributed by atoms with Crippen LogP contribution in [0.2, 0.25) is 5.02 Å². The molecule has 0 bridgehead atoms. The Kier molecular flexibility index (Phi) is 4.54. The Bertz CT molecular complexity index is 907. The maximum absolute atomic E-state index is 12.5. The van der Waals surface area contributed by atoms with E-state index in [0.29, 0.717) is 22.0 Å². The second-order valence-corrected chi connectivity index (χ2v) is 5.72. The third-order valence-electron chi connectivity index (χ3n) is 3.39. The van der Waals surface area contributed by atoms with E-state index in [-0.39, 0.29) is 5.57 Å². The normalized spacial score (nSPS) is 15.4. The van der Waals surface area contributed by atoms with Crippen LogP contribution in [0.15, 0.2) is 54.1 Å². The largest absolute Gasteiger partial charge is 0.427 e. The van der Waals surface area contributed by atoms with Gasteiger partial charge in [0.15, 0.2) is 0 Å². The van der Waals surface area contributed by atoms with Crippen molar-refractivity contribution < 1.29 is 19.1 Å². The van der Waals surface area contributed by atoms with E-state index in [1.807, 2.05) is 0 Å². The van der Waals surface area contributed by atoms with Gasteiger partial charge in [-0.05, 0) is 42.0 Å². The molecule has 0 unspecified atom stereocenters. The average Bonchev–Trinajstić information content (AvgIpc) is 2.83. The Morgan fingerprint density at radius 1 is 1.16 bits per heavy atom. The molecule has 2 aromatic carbocycles. The summed E-state index contributed by atoms with van der Waals surface area (Å²) >= 11 is 5.93. The molecular weight excluding hydrogens is 344 g/mol. The molecule has 0 spiro atoms. The van der Waals surface area contributed by atoms with Crippen LogP contribution in [0.1, 0.15) is 12.5 Å². The van der Waals surface area contributed by atoms with Crippen molar-refractivity contribution in [3.8, 4) is 5.75 Å².